The van der Waals surface area contributed by atoms with Gasteiger partial charge in [-0.2, -0.15) is 5.10 Å². The molecule has 1 aliphatic rings. The van der Waals surface area contributed by atoms with Crippen LogP contribution in [0, 0.1) is 0 Å². The lowest BCUT2D eigenvalue weighted by Gasteiger charge is -2.27. The fourth-order valence-electron chi connectivity index (χ4n) is 2.56. The fraction of sp³-hybridized carbons (Fsp3) is 0.733. The number of hydrogen-bond acceptors (Lipinski definition) is 3. The van der Waals surface area contributed by atoms with Crippen molar-refractivity contribution in [3.63, 3.8) is 0 Å². The summed E-state index contributed by atoms with van der Waals surface area (Å²) in [5, 5.41) is 10.5. The third-order valence-corrected chi connectivity index (χ3v) is 3.81. The lowest BCUT2D eigenvalue weighted by atomic mass is 9.92. The molecule has 0 saturated carbocycles. The molecule has 0 aliphatic carbocycles. The second-order valence-electron chi connectivity index (χ2n) is 6.56. The van der Waals surface area contributed by atoms with Crippen molar-refractivity contribution in [1.29, 1.82) is 0 Å². The first-order valence-corrected chi connectivity index (χ1v) is 7.51. The van der Waals surface area contributed by atoms with Gasteiger partial charge < -0.3 is 10.2 Å². The Balaban J connectivity index is 2.16. The van der Waals surface area contributed by atoms with Gasteiger partial charge in [0.1, 0.15) is 5.69 Å². The number of carbonyl (C=O) groups is 1. The number of hydrogen-bond donors (Lipinski definition) is 2. The van der Waals surface area contributed by atoms with Crippen LogP contribution in [0.25, 0.3) is 0 Å². The average molecular weight is 278 g/mol. The summed E-state index contributed by atoms with van der Waals surface area (Å²) in [5.41, 5.74) is 1.52. The Morgan fingerprint density at radius 2 is 2.25 bits per heavy atom. The maximum Gasteiger partial charge on any atom is 0.274 e. The minimum absolute atomic E-state index is 0.0178. The summed E-state index contributed by atoms with van der Waals surface area (Å²) in [6, 6.07) is 2.20. The monoisotopic (exact) mass is 278 g/mol. The van der Waals surface area contributed by atoms with Crippen molar-refractivity contribution in [3.8, 4) is 0 Å². The van der Waals surface area contributed by atoms with Gasteiger partial charge in [-0.25, -0.2) is 0 Å². The predicted molar refractivity (Wildman–Crippen MR) is 79.9 cm³/mol. The molecule has 112 valence electrons. The maximum atomic E-state index is 12.7. The zero-order chi connectivity index (χ0) is 14.8. The Hall–Kier alpha value is -1.36. The zero-order valence-corrected chi connectivity index (χ0v) is 13.0. The molecule has 5 heteroatoms. The van der Waals surface area contributed by atoms with Crippen molar-refractivity contribution in [1.82, 2.24) is 20.4 Å². The summed E-state index contributed by atoms with van der Waals surface area (Å²) in [6.45, 7) is 11.1. The van der Waals surface area contributed by atoms with Crippen LogP contribution >= 0.6 is 0 Å². The number of rotatable bonds is 4. The number of nitrogens with zero attached hydrogens (tertiary/aromatic N) is 2. The standard InChI is InChI=1S/C15H26N4O/c1-5-8-19(11-6-7-16-10-11)14(20)12-9-13(18-17-12)15(2,3)4/h9,11,16H,5-8,10H2,1-4H3,(H,17,18). The highest BCUT2D eigenvalue weighted by Crippen LogP contribution is 2.21. The number of aromatic amines is 1. The van der Waals surface area contributed by atoms with E-state index < -0.39 is 0 Å². The normalized spacial score (nSPS) is 19.3. The highest BCUT2D eigenvalue weighted by Gasteiger charge is 2.29. The van der Waals surface area contributed by atoms with Gasteiger partial charge in [-0.1, -0.05) is 27.7 Å². The van der Waals surface area contributed by atoms with Gasteiger partial charge in [0.05, 0.1) is 0 Å². The molecule has 2 heterocycles. The van der Waals surface area contributed by atoms with Gasteiger partial charge in [-0.3, -0.25) is 9.89 Å². The first-order valence-electron chi connectivity index (χ1n) is 7.51. The van der Waals surface area contributed by atoms with E-state index >= 15 is 0 Å². The van der Waals surface area contributed by atoms with Crippen LogP contribution in [0.2, 0.25) is 0 Å². The molecule has 2 rings (SSSR count). The molecule has 20 heavy (non-hydrogen) atoms. The van der Waals surface area contributed by atoms with Crippen molar-refractivity contribution in [2.75, 3.05) is 19.6 Å². The largest absolute Gasteiger partial charge is 0.333 e. The van der Waals surface area contributed by atoms with Crippen LogP contribution < -0.4 is 5.32 Å². The van der Waals surface area contributed by atoms with E-state index in [0.717, 1.165) is 38.2 Å². The van der Waals surface area contributed by atoms with E-state index in [9.17, 15) is 4.79 Å². The molecule has 1 saturated heterocycles. The number of H-pyrrole nitrogens is 1. The number of amides is 1. The van der Waals surface area contributed by atoms with Gasteiger partial charge in [0, 0.05) is 30.2 Å². The van der Waals surface area contributed by atoms with Gasteiger partial charge >= 0.3 is 0 Å². The molecule has 1 aliphatic heterocycles. The topological polar surface area (TPSA) is 61.0 Å². The first kappa shape index (κ1) is 15.0. The summed E-state index contributed by atoms with van der Waals surface area (Å²) in [4.78, 5) is 14.7. The van der Waals surface area contributed by atoms with Crippen molar-refractivity contribution in [2.45, 2.75) is 52.0 Å². The Morgan fingerprint density at radius 3 is 2.75 bits per heavy atom. The fourth-order valence-corrected chi connectivity index (χ4v) is 2.56. The number of nitrogens with one attached hydrogen (secondary N) is 2. The van der Waals surface area contributed by atoms with Gasteiger partial charge in [0.25, 0.3) is 5.91 Å². The van der Waals surface area contributed by atoms with Crippen LogP contribution in [0.1, 0.15) is 56.7 Å². The van der Waals surface area contributed by atoms with E-state index in [0.29, 0.717) is 11.7 Å². The summed E-state index contributed by atoms with van der Waals surface area (Å²) in [5.74, 6) is 0.0484. The SMILES string of the molecule is CCCN(C(=O)c1cc(C(C)(C)C)[nH]n1)C1CCNC1. The van der Waals surface area contributed by atoms with Gasteiger partial charge in [0.2, 0.25) is 0 Å². The van der Waals surface area contributed by atoms with Crippen LogP contribution in [0.4, 0.5) is 0 Å². The van der Waals surface area contributed by atoms with Gasteiger partial charge in [-0.15, -0.1) is 0 Å². The minimum atomic E-state index is -0.0178. The molecule has 5 nitrogen and oxygen atoms in total. The van der Waals surface area contributed by atoms with Crippen molar-refractivity contribution < 1.29 is 4.79 Å². The van der Waals surface area contributed by atoms with Gasteiger partial charge in [-0.05, 0) is 25.5 Å². The Kier molecular flexibility index (Phi) is 4.48. The molecule has 0 spiro atoms. The second-order valence-corrected chi connectivity index (χ2v) is 6.56. The van der Waals surface area contributed by atoms with E-state index in [2.05, 4.69) is 43.2 Å². The van der Waals surface area contributed by atoms with E-state index in [1.54, 1.807) is 0 Å². The predicted octanol–water partition coefficient (Wildman–Crippen LogP) is 1.92. The Bertz CT molecular complexity index is 455. The number of carbonyl (C=O) groups excluding carboxylic acids is 1. The van der Waals surface area contributed by atoms with Crippen molar-refractivity contribution >= 4 is 5.91 Å². The molecule has 0 bridgehead atoms. The molecule has 1 atom stereocenters. The van der Waals surface area contributed by atoms with Gasteiger partial charge in [0.15, 0.2) is 0 Å². The second kappa shape index (κ2) is 5.95. The highest BCUT2D eigenvalue weighted by molar-refractivity contribution is 5.92. The summed E-state index contributed by atoms with van der Waals surface area (Å²) in [7, 11) is 0. The number of aromatic nitrogens is 2. The molecule has 1 fully saturated rings. The summed E-state index contributed by atoms with van der Waals surface area (Å²) >= 11 is 0. The molecular formula is C15H26N4O. The van der Waals surface area contributed by atoms with Crippen LogP contribution in [0.3, 0.4) is 0 Å². The van der Waals surface area contributed by atoms with Crippen LogP contribution in [-0.2, 0) is 5.41 Å². The molecular weight excluding hydrogens is 252 g/mol. The summed E-state index contributed by atoms with van der Waals surface area (Å²) < 4.78 is 0. The minimum Gasteiger partial charge on any atom is -0.333 e. The smallest absolute Gasteiger partial charge is 0.274 e. The zero-order valence-electron chi connectivity index (χ0n) is 13.0. The van der Waals surface area contributed by atoms with Crippen LogP contribution in [0.5, 0.6) is 0 Å². The third kappa shape index (κ3) is 3.20. The van der Waals surface area contributed by atoms with Crippen molar-refractivity contribution in [3.05, 3.63) is 17.5 Å². The maximum absolute atomic E-state index is 12.7. The molecule has 1 aromatic rings. The summed E-state index contributed by atoms with van der Waals surface area (Å²) in [6.07, 6.45) is 2.00. The average Bonchev–Trinajstić information content (AvgIpc) is 3.04. The lowest BCUT2D eigenvalue weighted by Crippen LogP contribution is -2.42. The Morgan fingerprint density at radius 1 is 1.50 bits per heavy atom. The lowest BCUT2D eigenvalue weighted by molar-refractivity contribution is 0.0686. The third-order valence-electron chi connectivity index (χ3n) is 3.81. The van der Waals surface area contributed by atoms with E-state index in [4.69, 9.17) is 0 Å². The molecule has 1 unspecified atom stereocenters. The molecule has 2 N–H and O–H groups in total. The molecule has 0 aromatic carbocycles. The van der Waals surface area contributed by atoms with Crippen molar-refractivity contribution in [2.24, 2.45) is 0 Å². The van der Waals surface area contributed by atoms with E-state index in [1.807, 2.05) is 11.0 Å². The molecule has 0 radical (unpaired) electrons. The quantitative estimate of drug-likeness (QED) is 0.884. The van der Waals surface area contributed by atoms with E-state index in [1.165, 1.54) is 0 Å². The van der Waals surface area contributed by atoms with Crippen LogP contribution in [-0.4, -0.2) is 46.7 Å². The molecule has 1 aromatic heterocycles. The first-order chi connectivity index (χ1) is 9.43. The van der Waals surface area contributed by atoms with E-state index in [-0.39, 0.29) is 11.3 Å². The Labute approximate surface area is 121 Å². The highest BCUT2D eigenvalue weighted by atomic mass is 16.2. The van der Waals surface area contributed by atoms with Crippen LogP contribution in [0.15, 0.2) is 6.07 Å². The molecule has 1 amide bonds.